The molecule has 1 aliphatic heterocycles. The van der Waals surface area contributed by atoms with Crippen LogP contribution >= 0.6 is 0 Å². The van der Waals surface area contributed by atoms with Gasteiger partial charge in [0.25, 0.3) is 0 Å². The van der Waals surface area contributed by atoms with Crippen molar-refractivity contribution in [3.8, 4) is 11.4 Å². The lowest BCUT2D eigenvalue weighted by atomic mass is 10.0. The summed E-state index contributed by atoms with van der Waals surface area (Å²) in [5, 5.41) is 6.62. The standard InChI is InChI=1S/C23H31N5.C12H17N/c1-3-15-28(22(4-2)19-27-16-5-6-17-27)18-14-24-21-10-8-20(9-11-21)23-25-12-7-13-26-23;1-4-13-12-7-5-6-11(8-9-12)10(2)3/h7-13,24H,2-3,5-6,14-19H2,1H3;4-7,9-10,13H,1,8H2,2-3H3. The van der Waals surface area contributed by atoms with Crippen molar-refractivity contribution in [2.24, 2.45) is 5.92 Å². The highest BCUT2D eigenvalue weighted by atomic mass is 15.2. The molecule has 6 nitrogen and oxygen atoms in total. The Morgan fingerprint density at radius 3 is 2.49 bits per heavy atom. The molecule has 0 spiro atoms. The fourth-order valence-electron chi connectivity index (χ4n) is 4.88. The number of hydrogen-bond acceptors (Lipinski definition) is 6. The van der Waals surface area contributed by atoms with Crippen LogP contribution in [0.1, 0.15) is 46.5 Å². The second kappa shape index (κ2) is 17.8. The van der Waals surface area contributed by atoms with E-state index >= 15 is 0 Å². The summed E-state index contributed by atoms with van der Waals surface area (Å²) in [6, 6.07) is 10.1. The molecule has 1 aromatic heterocycles. The molecule has 0 amide bonds. The summed E-state index contributed by atoms with van der Waals surface area (Å²) >= 11 is 0. The summed E-state index contributed by atoms with van der Waals surface area (Å²) in [4.78, 5) is 13.5. The zero-order valence-electron chi connectivity index (χ0n) is 25.3. The van der Waals surface area contributed by atoms with Crippen molar-refractivity contribution in [1.82, 2.24) is 25.1 Å². The molecule has 2 aliphatic rings. The average molecular weight is 553 g/mol. The van der Waals surface area contributed by atoms with Gasteiger partial charge in [-0.25, -0.2) is 9.97 Å². The lowest BCUT2D eigenvalue weighted by Gasteiger charge is -2.28. The maximum Gasteiger partial charge on any atom is 0.159 e. The molecule has 4 rings (SSSR count). The van der Waals surface area contributed by atoms with Gasteiger partial charge in [-0.2, -0.15) is 0 Å². The van der Waals surface area contributed by atoms with Crippen molar-refractivity contribution in [3.05, 3.63) is 109 Å². The van der Waals surface area contributed by atoms with Gasteiger partial charge in [-0.1, -0.05) is 57.7 Å². The molecule has 0 unspecified atom stereocenters. The first-order valence-corrected chi connectivity index (χ1v) is 15.0. The minimum Gasteiger partial charge on any atom is -0.383 e. The van der Waals surface area contributed by atoms with E-state index in [2.05, 4.69) is 119 Å². The van der Waals surface area contributed by atoms with Gasteiger partial charge < -0.3 is 15.5 Å². The van der Waals surface area contributed by atoms with Crippen LogP contribution in [-0.4, -0.2) is 59.0 Å². The van der Waals surface area contributed by atoms with E-state index in [1.165, 1.54) is 37.2 Å². The fraction of sp³-hybridized carbons (Fsp3) is 0.400. The minimum atomic E-state index is 0.629. The SMILES string of the molecule is C=C=C(CN1CCCC1)N(CCC)CCNc1ccc(-c2ncccn2)cc1.C=CNC1=CCC(C(C)C)=CC=C1. The molecular formula is C35H48N6. The van der Waals surface area contributed by atoms with Crippen LogP contribution < -0.4 is 10.6 Å². The molecule has 41 heavy (non-hydrogen) atoms. The summed E-state index contributed by atoms with van der Waals surface area (Å²) in [5.41, 5.74) is 9.16. The van der Waals surface area contributed by atoms with E-state index in [4.69, 9.17) is 0 Å². The Hall–Kier alpha value is -3.86. The second-order valence-electron chi connectivity index (χ2n) is 10.6. The molecule has 0 atom stereocenters. The van der Waals surface area contributed by atoms with E-state index in [0.717, 1.165) is 61.8 Å². The summed E-state index contributed by atoms with van der Waals surface area (Å²) in [6.45, 7) is 20.5. The highest BCUT2D eigenvalue weighted by Gasteiger charge is 2.16. The van der Waals surface area contributed by atoms with Gasteiger partial charge in [0, 0.05) is 55.5 Å². The molecule has 218 valence electrons. The van der Waals surface area contributed by atoms with E-state index in [0.29, 0.717) is 5.92 Å². The van der Waals surface area contributed by atoms with Crippen molar-refractivity contribution in [3.63, 3.8) is 0 Å². The molecule has 0 bridgehead atoms. The lowest BCUT2D eigenvalue weighted by molar-refractivity contribution is 0.287. The number of rotatable bonds is 13. The van der Waals surface area contributed by atoms with E-state index in [1.54, 1.807) is 18.6 Å². The first-order valence-electron chi connectivity index (χ1n) is 15.0. The summed E-state index contributed by atoms with van der Waals surface area (Å²) < 4.78 is 0. The molecule has 0 radical (unpaired) electrons. The van der Waals surface area contributed by atoms with Crippen molar-refractivity contribution in [2.45, 2.75) is 46.5 Å². The molecule has 1 saturated heterocycles. The van der Waals surface area contributed by atoms with Crippen molar-refractivity contribution in [2.75, 3.05) is 44.6 Å². The molecule has 1 aliphatic carbocycles. The van der Waals surface area contributed by atoms with Gasteiger partial charge in [0.1, 0.15) is 0 Å². The summed E-state index contributed by atoms with van der Waals surface area (Å²) in [6.07, 6.45) is 18.5. The normalized spacial score (nSPS) is 14.6. The third-order valence-corrected chi connectivity index (χ3v) is 7.23. The minimum absolute atomic E-state index is 0.629. The quantitative estimate of drug-likeness (QED) is 0.257. The number of benzene rings is 1. The van der Waals surface area contributed by atoms with Crippen LogP contribution in [0.2, 0.25) is 0 Å². The average Bonchev–Trinajstić information content (AvgIpc) is 3.40. The van der Waals surface area contributed by atoms with Gasteiger partial charge in [-0.3, -0.25) is 4.90 Å². The van der Waals surface area contributed by atoms with Crippen LogP contribution in [0, 0.1) is 5.92 Å². The lowest BCUT2D eigenvalue weighted by Crippen LogP contribution is -2.35. The summed E-state index contributed by atoms with van der Waals surface area (Å²) in [5.74, 6) is 1.38. The largest absolute Gasteiger partial charge is 0.383 e. The van der Waals surface area contributed by atoms with E-state index in [1.807, 2.05) is 6.07 Å². The smallest absolute Gasteiger partial charge is 0.159 e. The molecule has 0 saturated carbocycles. The van der Waals surface area contributed by atoms with Crippen LogP contribution in [0.25, 0.3) is 11.4 Å². The van der Waals surface area contributed by atoms with E-state index < -0.39 is 0 Å². The Morgan fingerprint density at radius 2 is 1.85 bits per heavy atom. The van der Waals surface area contributed by atoms with Gasteiger partial charge in [0.05, 0.1) is 5.70 Å². The maximum atomic E-state index is 4.30. The first kappa shape index (κ1) is 31.7. The zero-order valence-corrected chi connectivity index (χ0v) is 25.3. The number of anilines is 1. The second-order valence-corrected chi connectivity index (χ2v) is 10.6. The number of aromatic nitrogens is 2. The fourth-order valence-corrected chi connectivity index (χ4v) is 4.88. The molecule has 2 aromatic rings. The molecule has 1 fully saturated rings. The third kappa shape index (κ3) is 10.9. The zero-order chi connectivity index (χ0) is 29.3. The van der Waals surface area contributed by atoms with Crippen molar-refractivity contribution in [1.29, 1.82) is 0 Å². The molecular weight excluding hydrogens is 504 g/mol. The van der Waals surface area contributed by atoms with Crippen molar-refractivity contribution < 1.29 is 0 Å². The third-order valence-electron chi connectivity index (χ3n) is 7.23. The van der Waals surface area contributed by atoms with Crippen LogP contribution in [-0.2, 0) is 0 Å². The molecule has 6 heteroatoms. The topological polar surface area (TPSA) is 56.3 Å². The van der Waals surface area contributed by atoms with Gasteiger partial charge in [0.15, 0.2) is 5.82 Å². The van der Waals surface area contributed by atoms with Gasteiger partial charge >= 0.3 is 0 Å². The Morgan fingerprint density at radius 1 is 1.12 bits per heavy atom. The van der Waals surface area contributed by atoms with Crippen LogP contribution in [0.4, 0.5) is 5.69 Å². The Bertz CT molecular complexity index is 1200. The summed E-state index contributed by atoms with van der Waals surface area (Å²) in [7, 11) is 0. The van der Waals surface area contributed by atoms with Crippen molar-refractivity contribution >= 4 is 5.69 Å². The van der Waals surface area contributed by atoms with Gasteiger partial charge in [0.2, 0.25) is 0 Å². The highest BCUT2D eigenvalue weighted by molar-refractivity contribution is 5.59. The number of likely N-dealkylation sites (tertiary alicyclic amines) is 1. The van der Waals surface area contributed by atoms with E-state index in [-0.39, 0.29) is 0 Å². The Balaban J connectivity index is 0.000000298. The Kier molecular flexibility index (Phi) is 13.7. The number of nitrogens with one attached hydrogen (secondary N) is 2. The first-order chi connectivity index (χ1) is 20.0. The number of nitrogens with zero attached hydrogens (tertiary/aromatic N) is 4. The number of hydrogen-bond donors (Lipinski definition) is 2. The Labute approximate surface area is 248 Å². The predicted octanol–water partition coefficient (Wildman–Crippen LogP) is 7.18. The highest BCUT2D eigenvalue weighted by Crippen LogP contribution is 2.19. The van der Waals surface area contributed by atoms with Gasteiger partial charge in [-0.05, 0) is 87.3 Å². The molecule has 1 aromatic carbocycles. The van der Waals surface area contributed by atoms with Gasteiger partial charge in [-0.15, -0.1) is 5.73 Å². The van der Waals surface area contributed by atoms with Crippen LogP contribution in [0.3, 0.4) is 0 Å². The van der Waals surface area contributed by atoms with Crippen LogP contribution in [0.5, 0.6) is 0 Å². The maximum absolute atomic E-state index is 4.30. The molecule has 2 N–H and O–H groups in total. The molecule has 2 heterocycles. The number of allylic oxidation sites excluding steroid dienone is 5. The van der Waals surface area contributed by atoms with E-state index in [9.17, 15) is 0 Å². The predicted molar refractivity (Wildman–Crippen MR) is 174 cm³/mol. The van der Waals surface area contributed by atoms with Crippen LogP contribution in [0.15, 0.2) is 109 Å². The monoisotopic (exact) mass is 552 g/mol.